The van der Waals surface area contributed by atoms with Crippen LogP contribution in [-0.2, 0) is 0 Å². The van der Waals surface area contributed by atoms with Crippen LogP contribution in [0.3, 0.4) is 0 Å². The maximum atomic E-state index is 3.70. The molecule has 0 spiro atoms. The van der Waals surface area contributed by atoms with Crippen molar-refractivity contribution in [2.75, 3.05) is 0 Å². The molecule has 1 heterocycles. The average Bonchev–Trinajstić information content (AvgIpc) is 2.96. The Balaban J connectivity index is 2.07. The lowest BCUT2D eigenvalue weighted by atomic mass is 10.0. The second kappa shape index (κ2) is 5.72. The van der Waals surface area contributed by atoms with Crippen molar-refractivity contribution in [3.8, 4) is 5.69 Å². The van der Waals surface area contributed by atoms with Gasteiger partial charge in [0.15, 0.2) is 0 Å². The highest BCUT2D eigenvalue weighted by Crippen LogP contribution is 2.39. The van der Waals surface area contributed by atoms with Gasteiger partial charge in [0.05, 0.1) is 11.0 Å². The average molecular weight is 451 g/mol. The highest BCUT2D eigenvalue weighted by atomic mass is 79.9. The van der Waals surface area contributed by atoms with Crippen LogP contribution < -0.4 is 0 Å². The molecule has 0 bridgehead atoms. The molecule has 120 valence electrons. The van der Waals surface area contributed by atoms with Crippen molar-refractivity contribution in [3.05, 3.63) is 87.8 Å². The Kier molecular flexibility index (Phi) is 3.47. The molecule has 1 aromatic heterocycles. The lowest BCUT2D eigenvalue weighted by Crippen LogP contribution is -1.93. The van der Waals surface area contributed by atoms with E-state index in [0.29, 0.717) is 0 Å². The maximum absolute atomic E-state index is 3.70. The highest BCUT2D eigenvalue weighted by Gasteiger charge is 2.15. The van der Waals surface area contributed by atoms with Crippen LogP contribution in [0.25, 0.3) is 38.3 Å². The Morgan fingerprint density at radius 3 is 2.24 bits per heavy atom. The van der Waals surface area contributed by atoms with E-state index in [4.69, 9.17) is 0 Å². The summed E-state index contributed by atoms with van der Waals surface area (Å²) in [6, 6.07) is 27.9. The van der Waals surface area contributed by atoms with Gasteiger partial charge in [-0.2, -0.15) is 0 Å². The SMILES string of the molecule is Brc1ccc2c3c4cccc(Br)c4ccc3n(-c3ccccc3)c2c1. The Bertz CT molecular complexity index is 1250. The van der Waals surface area contributed by atoms with Gasteiger partial charge in [-0.05, 0) is 47.2 Å². The van der Waals surface area contributed by atoms with Gasteiger partial charge in [-0.1, -0.05) is 74.3 Å². The molecule has 0 atom stereocenters. The van der Waals surface area contributed by atoms with Gasteiger partial charge in [0.1, 0.15) is 0 Å². The standard InChI is InChI=1S/C22H13Br2N/c23-14-9-10-18-21(13-14)25(15-5-2-1-3-6-15)20-12-11-16-17(22(18)20)7-4-8-19(16)24/h1-13H. The van der Waals surface area contributed by atoms with Gasteiger partial charge >= 0.3 is 0 Å². The first-order chi connectivity index (χ1) is 12.2. The Morgan fingerprint density at radius 2 is 1.40 bits per heavy atom. The third-order valence-corrected chi connectivity index (χ3v) is 5.90. The van der Waals surface area contributed by atoms with Gasteiger partial charge in [-0.15, -0.1) is 0 Å². The van der Waals surface area contributed by atoms with E-state index in [1.165, 1.54) is 38.3 Å². The molecule has 0 amide bonds. The summed E-state index contributed by atoms with van der Waals surface area (Å²) in [6.07, 6.45) is 0. The normalized spacial score (nSPS) is 11.6. The zero-order chi connectivity index (χ0) is 17.0. The first-order valence-corrected chi connectivity index (χ1v) is 9.69. The number of nitrogens with zero attached hydrogens (tertiary/aromatic N) is 1. The Morgan fingerprint density at radius 1 is 0.600 bits per heavy atom. The molecule has 0 aliphatic heterocycles. The minimum atomic E-state index is 1.09. The zero-order valence-electron chi connectivity index (χ0n) is 13.2. The van der Waals surface area contributed by atoms with Gasteiger partial charge in [0, 0.05) is 25.4 Å². The number of aromatic nitrogens is 1. The predicted molar refractivity (Wildman–Crippen MR) is 114 cm³/mol. The van der Waals surface area contributed by atoms with Crippen LogP contribution in [0.15, 0.2) is 87.8 Å². The van der Waals surface area contributed by atoms with Crippen molar-refractivity contribution >= 4 is 64.4 Å². The summed E-state index contributed by atoms with van der Waals surface area (Å²) in [6.45, 7) is 0. The second-order valence-electron chi connectivity index (χ2n) is 6.13. The van der Waals surface area contributed by atoms with E-state index in [1.54, 1.807) is 0 Å². The molecule has 0 saturated carbocycles. The molecule has 5 rings (SSSR count). The fourth-order valence-electron chi connectivity index (χ4n) is 3.66. The van der Waals surface area contributed by atoms with Crippen LogP contribution in [0, 0.1) is 0 Å². The summed E-state index contributed by atoms with van der Waals surface area (Å²) in [5, 5.41) is 5.08. The van der Waals surface area contributed by atoms with Crippen molar-refractivity contribution in [2.45, 2.75) is 0 Å². The molecule has 0 fully saturated rings. The number of halogens is 2. The third-order valence-electron chi connectivity index (χ3n) is 4.71. The number of fused-ring (bicyclic) bond motifs is 5. The van der Waals surface area contributed by atoms with E-state index in [-0.39, 0.29) is 0 Å². The lowest BCUT2D eigenvalue weighted by molar-refractivity contribution is 1.18. The van der Waals surface area contributed by atoms with Crippen LogP contribution in [0.2, 0.25) is 0 Å². The van der Waals surface area contributed by atoms with Crippen molar-refractivity contribution in [1.82, 2.24) is 4.57 Å². The highest BCUT2D eigenvalue weighted by molar-refractivity contribution is 9.11. The molecule has 3 heteroatoms. The van der Waals surface area contributed by atoms with E-state index in [9.17, 15) is 0 Å². The fraction of sp³-hybridized carbons (Fsp3) is 0. The summed E-state index contributed by atoms with van der Waals surface area (Å²) in [4.78, 5) is 0. The molecule has 0 N–H and O–H groups in total. The monoisotopic (exact) mass is 449 g/mol. The quantitative estimate of drug-likeness (QED) is 0.249. The van der Waals surface area contributed by atoms with E-state index >= 15 is 0 Å². The number of para-hydroxylation sites is 1. The van der Waals surface area contributed by atoms with Crippen molar-refractivity contribution in [3.63, 3.8) is 0 Å². The smallest absolute Gasteiger partial charge is 0.0552 e. The van der Waals surface area contributed by atoms with Crippen LogP contribution >= 0.6 is 31.9 Å². The molecular weight excluding hydrogens is 438 g/mol. The molecule has 5 aromatic rings. The van der Waals surface area contributed by atoms with Crippen LogP contribution in [-0.4, -0.2) is 4.57 Å². The minimum absolute atomic E-state index is 1.09. The van der Waals surface area contributed by atoms with Gasteiger partial charge in [0.25, 0.3) is 0 Å². The predicted octanol–water partition coefficient (Wildman–Crippen LogP) is 7.46. The summed E-state index contributed by atoms with van der Waals surface area (Å²) in [5.74, 6) is 0. The Hall–Kier alpha value is -2.10. The fourth-order valence-corrected chi connectivity index (χ4v) is 4.51. The molecular formula is C22H13Br2N. The van der Waals surface area contributed by atoms with Crippen molar-refractivity contribution in [1.29, 1.82) is 0 Å². The third kappa shape index (κ3) is 2.26. The number of benzene rings is 4. The molecule has 0 saturated heterocycles. The van der Waals surface area contributed by atoms with Crippen LogP contribution in [0.5, 0.6) is 0 Å². The first-order valence-electron chi connectivity index (χ1n) is 8.10. The zero-order valence-corrected chi connectivity index (χ0v) is 16.4. The molecule has 4 aromatic carbocycles. The van der Waals surface area contributed by atoms with E-state index < -0.39 is 0 Å². The van der Waals surface area contributed by atoms with Crippen molar-refractivity contribution < 1.29 is 0 Å². The van der Waals surface area contributed by atoms with Crippen LogP contribution in [0.4, 0.5) is 0 Å². The summed E-state index contributed by atoms with van der Waals surface area (Å²) >= 11 is 7.33. The summed E-state index contributed by atoms with van der Waals surface area (Å²) in [7, 11) is 0. The molecule has 0 aliphatic rings. The van der Waals surface area contributed by atoms with E-state index in [1.807, 2.05) is 0 Å². The molecule has 0 unspecified atom stereocenters. The largest absolute Gasteiger partial charge is 0.309 e. The molecule has 1 nitrogen and oxygen atoms in total. The van der Waals surface area contributed by atoms with E-state index in [0.717, 1.165) is 8.95 Å². The topological polar surface area (TPSA) is 4.93 Å². The number of rotatable bonds is 1. The molecule has 25 heavy (non-hydrogen) atoms. The Labute approximate surface area is 162 Å². The van der Waals surface area contributed by atoms with Gasteiger partial charge in [0.2, 0.25) is 0 Å². The minimum Gasteiger partial charge on any atom is -0.309 e. The van der Waals surface area contributed by atoms with Gasteiger partial charge in [-0.3, -0.25) is 0 Å². The van der Waals surface area contributed by atoms with Crippen molar-refractivity contribution in [2.24, 2.45) is 0 Å². The number of hydrogen-bond donors (Lipinski definition) is 0. The summed E-state index contributed by atoms with van der Waals surface area (Å²) in [5.41, 5.74) is 3.61. The maximum Gasteiger partial charge on any atom is 0.0552 e. The van der Waals surface area contributed by atoms with Gasteiger partial charge < -0.3 is 4.57 Å². The van der Waals surface area contributed by atoms with Gasteiger partial charge in [-0.25, -0.2) is 0 Å². The first kappa shape index (κ1) is 15.2. The molecule has 0 aliphatic carbocycles. The van der Waals surface area contributed by atoms with Crippen LogP contribution in [0.1, 0.15) is 0 Å². The lowest BCUT2D eigenvalue weighted by Gasteiger charge is -2.08. The molecule has 0 radical (unpaired) electrons. The second-order valence-corrected chi connectivity index (χ2v) is 7.90. The number of hydrogen-bond acceptors (Lipinski definition) is 0. The van der Waals surface area contributed by atoms with E-state index in [2.05, 4.69) is 115 Å². The summed E-state index contributed by atoms with van der Waals surface area (Å²) < 4.78 is 4.56.